The molecule has 0 atom stereocenters. The number of nitrogens with zero attached hydrogens (tertiary/aromatic N) is 2. The number of hydrogen-bond acceptors (Lipinski definition) is 6. The third-order valence-electron chi connectivity index (χ3n) is 4.29. The average Bonchev–Trinajstić information content (AvgIpc) is 3.15. The molecule has 1 aliphatic rings. The minimum absolute atomic E-state index is 0.0480. The molecule has 2 aromatic rings. The highest BCUT2D eigenvalue weighted by Gasteiger charge is 2.22. The van der Waals surface area contributed by atoms with Crippen molar-refractivity contribution in [2.75, 3.05) is 39.4 Å². The highest BCUT2D eigenvalue weighted by molar-refractivity contribution is 6.32. The van der Waals surface area contributed by atoms with E-state index in [1.807, 2.05) is 43.3 Å². The van der Waals surface area contributed by atoms with E-state index < -0.39 is 5.97 Å². The van der Waals surface area contributed by atoms with E-state index in [9.17, 15) is 9.59 Å². The maximum Gasteiger partial charge on any atom is 0.338 e. The van der Waals surface area contributed by atoms with Crippen LogP contribution in [-0.4, -0.2) is 51.3 Å². The SMILES string of the molecule is CN(Cc1ccc(N(C)C)cc1)C(=O)COC(=O)c1cc(Cl)c2c(c1)OCO2. The number of esters is 1. The van der Waals surface area contributed by atoms with Gasteiger partial charge >= 0.3 is 5.97 Å². The van der Waals surface area contributed by atoms with Crippen molar-refractivity contribution in [2.24, 2.45) is 0 Å². The first-order valence-electron chi connectivity index (χ1n) is 8.61. The first kappa shape index (κ1) is 19.8. The topological polar surface area (TPSA) is 68.3 Å². The van der Waals surface area contributed by atoms with Crippen LogP contribution in [-0.2, 0) is 16.1 Å². The Kier molecular flexibility index (Phi) is 5.94. The molecule has 7 nitrogen and oxygen atoms in total. The van der Waals surface area contributed by atoms with Crippen molar-refractivity contribution in [1.82, 2.24) is 4.90 Å². The second-order valence-electron chi connectivity index (χ2n) is 6.58. The van der Waals surface area contributed by atoms with Gasteiger partial charge < -0.3 is 24.0 Å². The summed E-state index contributed by atoms with van der Waals surface area (Å²) >= 11 is 6.06. The number of hydrogen-bond donors (Lipinski definition) is 0. The van der Waals surface area contributed by atoms with Crippen molar-refractivity contribution >= 4 is 29.2 Å². The summed E-state index contributed by atoms with van der Waals surface area (Å²) in [5.41, 5.74) is 2.26. The van der Waals surface area contributed by atoms with Crippen molar-refractivity contribution in [3.05, 3.63) is 52.5 Å². The number of carbonyl (C=O) groups is 2. The van der Waals surface area contributed by atoms with Gasteiger partial charge in [0.1, 0.15) is 0 Å². The fourth-order valence-corrected chi connectivity index (χ4v) is 2.93. The van der Waals surface area contributed by atoms with Gasteiger partial charge in [-0.3, -0.25) is 4.79 Å². The molecule has 0 N–H and O–H groups in total. The van der Waals surface area contributed by atoms with Gasteiger partial charge in [-0.15, -0.1) is 0 Å². The van der Waals surface area contributed by atoms with E-state index in [-0.39, 0.29) is 29.9 Å². The quantitative estimate of drug-likeness (QED) is 0.689. The van der Waals surface area contributed by atoms with Gasteiger partial charge in [0, 0.05) is 33.4 Å². The van der Waals surface area contributed by atoms with Crippen LogP contribution in [0.3, 0.4) is 0 Å². The van der Waals surface area contributed by atoms with E-state index in [1.165, 1.54) is 17.0 Å². The van der Waals surface area contributed by atoms with Crippen LogP contribution >= 0.6 is 11.6 Å². The fourth-order valence-electron chi connectivity index (χ4n) is 2.67. The Morgan fingerprint density at radius 1 is 1.11 bits per heavy atom. The minimum Gasteiger partial charge on any atom is -0.454 e. The van der Waals surface area contributed by atoms with Crippen LogP contribution in [0.25, 0.3) is 0 Å². The molecule has 0 aromatic heterocycles. The molecule has 3 rings (SSSR count). The largest absolute Gasteiger partial charge is 0.454 e. The lowest BCUT2D eigenvalue weighted by atomic mass is 10.2. The summed E-state index contributed by atoms with van der Waals surface area (Å²) in [6, 6.07) is 10.8. The summed E-state index contributed by atoms with van der Waals surface area (Å²) in [4.78, 5) is 28.0. The first-order chi connectivity index (χ1) is 13.3. The molecule has 1 aliphatic heterocycles. The summed E-state index contributed by atoms with van der Waals surface area (Å²) in [6.45, 7) is 0.101. The van der Waals surface area contributed by atoms with Crippen LogP contribution in [0.2, 0.25) is 5.02 Å². The number of ether oxygens (including phenoxy) is 3. The van der Waals surface area contributed by atoms with Crippen LogP contribution in [0.1, 0.15) is 15.9 Å². The molecule has 0 radical (unpaired) electrons. The number of anilines is 1. The lowest BCUT2D eigenvalue weighted by Gasteiger charge is -2.18. The molecular formula is C20H21ClN2O5. The summed E-state index contributed by atoms with van der Waals surface area (Å²) in [5, 5.41) is 0.256. The maximum atomic E-state index is 12.3. The minimum atomic E-state index is -0.655. The standard InChI is InChI=1S/C20H21ClN2O5/c1-22(2)15-6-4-13(5-7-15)10-23(3)18(24)11-26-20(25)14-8-16(21)19-17(9-14)27-12-28-19/h4-9H,10-12H2,1-3H3. The summed E-state index contributed by atoms with van der Waals surface area (Å²) in [6.07, 6.45) is 0. The number of amides is 1. The van der Waals surface area contributed by atoms with E-state index in [1.54, 1.807) is 7.05 Å². The third-order valence-corrected chi connectivity index (χ3v) is 4.57. The molecular weight excluding hydrogens is 384 g/mol. The number of halogens is 1. The van der Waals surface area contributed by atoms with Crippen LogP contribution in [0.15, 0.2) is 36.4 Å². The zero-order valence-corrected chi connectivity index (χ0v) is 16.7. The Hall–Kier alpha value is -2.93. The predicted molar refractivity (Wildman–Crippen MR) is 105 cm³/mol. The lowest BCUT2D eigenvalue weighted by molar-refractivity contribution is -0.133. The molecule has 1 amide bonds. The van der Waals surface area contributed by atoms with Gasteiger partial charge in [-0.25, -0.2) is 4.79 Å². The van der Waals surface area contributed by atoms with Gasteiger partial charge in [-0.05, 0) is 29.8 Å². The normalized spacial score (nSPS) is 11.9. The molecule has 0 bridgehead atoms. The molecule has 0 aliphatic carbocycles. The van der Waals surface area contributed by atoms with Crippen molar-refractivity contribution in [1.29, 1.82) is 0 Å². The molecule has 8 heteroatoms. The number of carbonyl (C=O) groups excluding carboxylic acids is 2. The molecule has 0 fully saturated rings. The summed E-state index contributed by atoms with van der Waals surface area (Å²) < 4.78 is 15.6. The summed E-state index contributed by atoms with van der Waals surface area (Å²) in [5.74, 6) is -0.187. The van der Waals surface area contributed by atoms with Crippen LogP contribution in [0, 0.1) is 0 Å². The second kappa shape index (κ2) is 8.39. The number of fused-ring (bicyclic) bond motifs is 1. The van der Waals surface area contributed by atoms with Crippen molar-refractivity contribution in [3.8, 4) is 11.5 Å². The Morgan fingerprint density at radius 2 is 1.82 bits per heavy atom. The molecule has 1 heterocycles. The van der Waals surface area contributed by atoms with E-state index >= 15 is 0 Å². The van der Waals surface area contributed by atoms with Crippen molar-refractivity contribution in [2.45, 2.75) is 6.54 Å². The number of rotatable bonds is 6. The fraction of sp³-hybridized carbons (Fsp3) is 0.300. The van der Waals surface area contributed by atoms with E-state index in [4.69, 9.17) is 25.8 Å². The molecule has 2 aromatic carbocycles. The monoisotopic (exact) mass is 404 g/mol. The van der Waals surface area contributed by atoms with E-state index in [0.717, 1.165) is 11.3 Å². The highest BCUT2D eigenvalue weighted by atomic mass is 35.5. The molecule has 28 heavy (non-hydrogen) atoms. The molecule has 0 saturated heterocycles. The Labute approximate surface area is 168 Å². The lowest BCUT2D eigenvalue weighted by Crippen LogP contribution is -2.30. The van der Waals surface area contributed by atoms with Crippen molar-refractivity contribution < 1.29 is 23.8 Å². The third kappa shape index (κ3) is 4.48. The second-order valence-corrected chi connectivity index (χ2v) is 6.99. The van der Waals surface area contributed by atoms with Crippen LogP contribution in [0.5, 0.6) is 11.5 Å². The van der Waals surface area contributed by atoms with Crippen LogP contribution in [0.4, 0.5) is 5.69 Å². The van der Waals surface area contributed by atoms with Gasteiger partial charge in [0.05, 0.1) is 10.6 Å². The molecule has 148 valence electrons. The molecule has 0 spiro atoms. The number of likely N-dealkylation sites (N-methyl/N-ethyl adjacent to an activating group) is 1. The highest BCUT2D eigenvalue weighted by Crippen LogP contribution is 2.39. The van der Waals surface area contributed by atoms with Gasteiger partial charge in [0.25, 0.3) is 5.91 Å². The maximum absolute atomic E-state index is 12.3. The number of benzene rings is 2. The van der Waals surface area contributed by atoms with Crippen molar-refractivity contribution in [3.63, 3.8) is 0 Å². The van der Waals surface area contributed by atoms with Gasteiger partial charge in [-0.1, -0.05) is 23.7 Å². The van der Waals surface area contributed by atoms with E-state index in [0.29, 0.717) is 18.0 Å². The zero-order chi connectivity index (χ0) is 20.3. The molecule has 0 unspecified atom stereocenters. The Balaban J connectivity index is 1.54. The smallest absolute Gasteiger partial charge is 0.338 e. The predicted octanol–water partition coefficient (Wildman–Crippen LogP) is 2.95. The molecule has 0 saturated carbocycles. The first-order valence-corrected chi connectivity index (χ1v) is 8.99. The summed E-state index contributed by atoms with van der Waals surface area (Å²) in [7, 11) is 5.59. The van der Waals surface area contributed by atoms with Gasteiger partial charge in [-0.2, -0.15) is 0 Å². The Bertz CT molecular complexity index is 883. The Morgan fingerprint density at radius 3 is 2.50 bits per heavy atom. The van der Waals surface area contributed by atoms with Crippen LogP contribution < -0.4 is 14.4 Å². The van der Waals surface area contributed by atoms with E-state index in [2.05, 4.69) is 0 Å². The zero-order valence-electron chi connectivity index (χ0n) is 15.9. The van der Waals surface area contributed by atoms with Gasteiger partial charge in [0.15, 0.2) is 18.1 Å². The average molecular weight is 405 g/mol. The van der Waals surface area contributed by atoms with Gasteiger partial charge in [0.2, 0.25) is 6.79 Å².